The molecule has 0 aliphatic carbocycles. The minimum Gasteiger partial charge on any atom is -0.286 e. The molecule has 0 radical (unpaired) electrons. The molecule has 1 saturated heterocycles. The van der Waals surface area contributed by atoms with E-state index in [9.17, 15) is 4.39 Å². The smallest absolute Gasteiger partial charge is 0.157 e. The molecule has 1 aliphatic rings. The van der Waals surface area contributed by atoms with Crippen LogP contribution < -0.4 is 0 Å². The van der Waals surface area contributed by atoms with Crippen LogP contribution >= 0.6 is 0 Å². The summed E-state index contributed by atoms with van der Waals surface area (Å²) >= 11 is 0. The highest BCUT2D eigenvalue weighted by Gasteiger charge is 2.10. The first kappa shape index (κ1) is 11.1. The molecule has 1 aromatic heterocycles. The molecule has 4 heteroatoms. The predicted molar refractivity (Wildman–Crippen MR) is 57.8 cm³/mol. The topological polar surface area (TPSA) is 25.4 Å². The Morgan fingerprint density at radius 2 is 2.25 bits per heavy atom. The Hall–Kier alpha value is -1.44. The van der Waals surface area contributed by atoms with Gasteiger partial charge in [0.05, 0.1) is 11.8 Å². The van der Waals surface area contributed by atoms with Crippen molar-refractivity contribution in [2.45, 2.75) is 12.8 Å². The largest absolute Gasteiger partial charge is 0.286 e. The fraction of sp³-hybridized carbons (Fsp3) is 0.417. The van der Waals surface area contributed by atoms with Crippen LogP contribution in [-0.4, -0.2) is 29.7 Å². The van der Waals surface area contributed by atoms with E-state index in [0.717, 1.165) is 19.3 Å². The maximum atomic E-state index is 13.1. The molecule has 2 heterocycles. The van der Waals surface area contributed by atoms with Crippen LogP contribution in [0.3, 0.4) is 0 Å². The summed E-state index contributed by atoms with van der Waals surface area (Å²) in [6, 6.07) is 1.55. The van der Waals surface area contributed by atoms with Crippen LogP contribution in [0.2, 0.25) is 0 Å². The summed E-state index contributed by atoms with van der Waals surface area (Å²) in [6.07, 6.45) is 5.03. The second-order valence-corrected chi connectivity index (χ2v) is 3.57. The second-order valence-electron chi connectivity index (χ2n) is 3.57. The van der Waals surface area contributed by atoms with E-state index in [1.807, 2.05) is 5.06 Å². The van der Waals surface area contributed by atoms with Gasteiger partial charge in [-0.2, -0.15) is 5.06 Å². The van der Waals surface area contributed by atoms with Gasteiger partial charge >= 0.3 is 0 Å². The van der Waals surface area contributed by atoms with Crippen molar-refractivity contribution in [1.82, 2.24) is 10.0 Å². The van der Waals surface area contributed by atoms with Gasteiger partial charge in [0.2, 0.25) is 0 Å². The van der Waals surface area contributed by atoms with E-state index in [1.54, 1.807) is 6.07 Å². The van der Waals surface area contributed by atoms with Crippen LogP contribution in [0.15, 0.2) is 18.5 Å². The van der Waals surface area contributed by atoms with Crippen LogP contribution in [0.5, 0.6) is 0 Å². The van der Waals surface area contributed by atoms with Crippen LogP contribution in [0, 0.1) is 17.7 Å². The average molecular weight is 220 g/mol. The molecule has 3 nitrogen and oxygen atoms in total. The summed E-state index contributed by atoms with van der Waals surface area (Å²) in [5, 5.41) is 1.90. The number of hydrogen-bond acceptors (Lipinski definition) is 3. The third-order valence-electron chi connectivity index (χ3n) is 2.38. The summed E-state index contributed by atoms with van der Waals surface area (Å²) in [5.41, 5.74) is 0.361. The third kappa shape index (κ3) is 3.02. The van der Waals surface area contributed by atoms with Crippen LogP contribution in [0.4, 0.5) is 4.39 Å². The summed E-state index contributed by atoms with van der Waals surface area (Å²) < 4.78 is 13.1. The fourth-order valence-corrected chi connectivity index (χ4v) is 1.55. The molecule has 0 N–H and O–H groups in total. The molecule has 1 aliphatic heterocycles. The normalized spacial score (nSPS) is 15.8. The molecular formula is C12H13FN2O. The molecule has 0 aromatic carbocycles. The lowest BCUT2D eigenvalue weighted by Crippen LogP contribution is -2.19. The summed E-state index contributed by atoms with van der Waals surface area (Å²) in [6.45, 7) is 2.23. The molecule has 2 rings (SSSR count). The lowest BCUT2D eigenvalue weighted by atomic mass is 10.2. The SMILES string of the molecule is Fc1cnccc1C#CCON1CCCC1. The maximum absolute atomic E-state index is 13.1. The zero-order valence-corrected chi connectivity index (χ0v) is 8.95. The van der Waals surface area contributed by atoms with Crippen molar-refractivity contribution in [3.8, 4) is 11.8 Å². The van der Waals surface area contributed by atoms with Crippen molar-refractivity contribution in [1.29, 1.82) is 0 Å². The highest BCUT2D eigenvalue weighted by atomic mass is 19.1. The Kier molecular flexibility index (Phi) is 3.86. The van der Waals surface area contributed by atoms with Crippen molar-refractivity contribution in [3.63, 3.8) is 0 Å². The van der Waals surface area contributed by atoms with E-state index in [4.69, 9.17) is 4.84 Å². The first-order valence-electron chi connectivity index (χ1n) is 5.32. The minimum absolute atomic E-state index is 0.307. The number of hydroxylamine groups is 2. The Bertz CT molecular complexity index is 405. The van der Waals surface area contributed by atoms with Crippen molar-refractivity contribution in [2.75, 3.05) is 19.7 Å². The van der Waals surface area contributed by atoms with Crippen molar-refractivity contribution in [2.24, 2.45) is 0 Å². The molecular weight excluding hydrogens is 207 g/mol. The molecule has 16 heavy (non-hydrogen) atoms. The van der Waals surface area contributed by atoms with Gasteiger partial charge in [-0.15, -0.1) is 0 Å². The minimum atomic E-state index is -0.392. The summed E-state index contributed by atoms with van der Waals surface area (Å²) in [5.74, 6) is 5.12. The number of nitrogens with zero attached hydrogens (tertiary/aromatic N) is 2. The van der Waals surface area contributed by atoms with Gasteiger partial charge < -0.3 is 0 Å². The summed E-state index contributed by atoms with van der Waals surface area (Å²) in [4.78, 5) is 9.04. The van der Waals surface area contributed by atoms with Crippen LogP contribution in [0.1, 0.15) is 18.4 Å². The van der Waals surface area contributed by atoms with Gasteiger partial charge in [-0.1, -0.05) is 11.8 Å². The maximum Gasteiger partial charge on any atom is 0.157 e. The standard InChI is InChI=1S/C12H13FN2O/c13-12-10-14-6-5-11(12)4-3-9-16-15-7-1-2-8-15/h5-6,10H,1-2,7-9H2. The van der Waals surface area contributed by atoms with E-state index in [0.29, 0.717) is 12.2 Å². The summed E-state index contributed by atoms with van der Waals surface area (Å²) in [7, 11) is 0. The monoisotopic (exact) mass is 220 g/mol. The van der Waals surface area contributed by atoms with Crippen molar-refractivity contribution < 1.29 is 9.23 Å². The number of rotatable bonds is 2. The number of pyridine rings is 1. The Labute approximate surface area is 94.2 Å². The molecule has 84 valence electrons. The zero-order chi connectivity index (χ0) is 11.2. The molecule has 1 aromatic rings. The Morgan fingerprint density at radius 1 is 1.44 bits per heavy atom. The van der Waals surface area contributed by atoms with Gasteiger partial charge in [0, 0.05) is 19.3 Å². The lowest BCUT2D eigenvalue weighted by Gasteiger charge is -2.11. The van der Waals surface area contributed by atoms with Gasteiger partial charge in [0.15, 0.2) is 5.82 Å². The van der Waals surface area contributed by atoms with Crippen LogP contribution in [0.25, 0.3) is 0 Å². The van der Waals surface area contributed by atoms with E-state index in [-0.39, 0.29) is 0 Å². The van der Waals surface area contributed by atoms with Gasteiger partial charge in [0.1, 0.15) is 6.61 Å². The first-order chi connectivity index (χ1) is 7.86. The van der Waals surface area contributed by atoms with Gasteiger partial charge in [-0.05, 0) is 18.9 Å². The highest BCUT2D eigenvalue weighted by molar-refractivity contribution is 5.33. The number of hydrogen-bond donors (Lipinski definition) is 0. The van der Waals surface area contributed by atoms with Gasteiger partial charge in [-0.3, -0.25) is 9.82 Å². The van der Waals surface area contributed by atoms with Gasteiger partial charge in [-0.25, -0.2) is 4.39 Å². The molecule has 0 saturated carbocycles. The fourth-order valence-electron chi connectivity index (χ4n) is 1.55. The zero-order valence-electron chi connectivity index (χ0n) is 8.95. The molecule has 1 fully saturated rings. The Morgan fingerprint density at radius 3 is 3.00 bits per heavy atom. The van der Waals surface area contributed by atoms with Crippen LogP contribution in [-0.2, 0) is 4.84 Å². The van der Waals surface area contributed by atoms with Crippen molar-refractivity contribution in [3.05, 3.63) is 29.8 Å². The molecule has 0 bridgehead atoms. The molecule has 0 amide bonds. The Balaban J connectivity index is 1.83. The van der Waals surface area contributed by atoms with E-state index < -0.39 is 5.82 Å². The quantitative estimate of drug-likeness (QED) is 0.708. The molecule has 0 atom stereocenters. The molecule has 0 spiro atoms. The number of aromatic nitrogens is 1. The average Bonchev–Trinajstić information content (AvgIpc) is 2.79. The third-order valence-corrected chi connectivity index (χ3v) is 2.38. The van der Waals surface area contributed by atoms with Crippen molar-refractivity contribution >= 4 is 0 Å². The van der Waals surface area contributed by atoms with E-state index in [2.05, 4.69) is 16.8 Å². The predicted octanol–water partition coefficient (Wildman–Crippen LogP) is 1.60. The van der Waals surface area contributed by atoms with Gasteiger partial charge in [0.25, 0.3) is 0 Å². The second kappa shape index (κ2) is 5.59. The highest BCUT2D eigenvalue weighted by Crippen LogP contribution is 2.07. The first-order valence-corrected chi connectivity index (χ1v) is 5.32. The lowest BCUT2D eigenvalue weighted by molar-refractivity contribution is -0.128. The van der Waals surface area contributed by atoms with E-state index in [1.165, 1.54) is 19.0 Å². The van der Waals surface area contributed by atoms with E-state index >= 15 is 0 Å². The molecule has 0 unspecified atom stereocenters. The number of halogens is 1.